The molecule has 0 aliphatic heterocycles. The van der Waals surface area contributed by atoms with Gasteiger partial charge in [0.05, 0.1) is 20.6 Å². The summed E-state index contributed by atoms with van der Waals surface area (Å²) in [7, 11) is -3.34. The van der Waals surface area contributed by atoms with Crippen molar-refractivity contribution in [1.29, 1.82) is 0 Å². The van der Waals surface area contributed by atoms with Crippen molar-refractivity contribution in [3.05, 3.63) is 90.6 Å². The van der Waals surface area contributed by atoms with Gasteiger partial charge in [0.1, 0.15) is 0 Å². The Morgan fingerprint density at radius 3 is 1.00 bits per heavy atom. The van der Waals surface area contributed by atoms with E-state index in [0.717, 1.165) is 0 Å². The van der Waals surface area contributed by atoms with Crippen LogP contribution in [0.5, 0.6) is 0 Å². The molecule has 0 N–H and O–H groups in total. The molecule has 0 spiro atoms. The van der Waals surface area contributed by atoms with E-state index in [-0.39, 0.29) is 0 Å². The van der Waals surface area contributed by atoms with Gasteiger partial charge in [-0.05, 0) is 0 Å². The highest BCUT2D eigenvalue weighted by Crippen LogP contribution is 1.95. The summed E-state index contributed by atoms with van der Waals surface area (Å²) in [4.78, 5) is 0. The first kappa shape index (κ1) is 3.71. The van der Waals surface area contributed by atoms with Crippen LogP contribution in [-0.2, 0) is 0 Å². The van der Waals surface area contributed by atoms with Gasteiger partial charge in [-0.3, -0.25) is 0 Å². The van der Waals surface area contributed by atoms with Crippen molar-refractivity contribution in [2.75, 3.05) is 0 Å². The SMILES string of the molecule is [2H]c1c([2H])c([2H])c([Si](c2c([2H])c([2H])c([2H])c([2H])c2[2H])c2c([2H])c([2H])c([2H])c([2H])c2[2H])c([2H])c1[2H]. The first-order chi connectivity index (χ1) is 15.7. The van der Waals surface area contributed by atoms with E-state index in [2.05, 4.69) is 0 Å². The van der Waals surface area contributed by atoms with Crippen LogP contribution in [0.4, 0.5) is 0 Å². The topological polar surface area (TPSA) is 0 Å². The minimum Gasteiger partial charge on any atom is -0.0624 e. The number of rotatable bonds is 3. The zero-order valence-corrected chi connectivity index (χ0v) is 10.5. The highest BCUT2D eigenvalue weighted by atomic mass is 28.3. The van der Waals surface area contributed by atoms with Gasteiger partial charge in [-0.15, -0.1) is 0 Å². The third-order valence-electron chi connectivity index (χ3n) is 2.25. The highest BCUT2D eigenvalue weighted by molar-refractivity contribution is 6.95. The molecule has 0 aliphatic carbocycles. The lowest BCUT2D eigenvalue weighted by atomic mass is 10.3. The molecule has 1 heteroatoms. The maximum atomic E-state index is 8.39. The molecule has 0 atom stereocenters. The van der Waals surface area contributed by atoms with E-state index in [9.17, 15) is 0 Å². The van der Waals surface area contributed by atoms with Crippen molar-refractivity contribution in [2.45, 2.75) is 0 Å². The summed E-state index contributed by atoms with van der Waals surface area (Å²) in [6.07, 6.45) is 0. The largest absolute Gasteiger partial charge is 0.154 e. The van der Waals surface area contributed by atoms with Gasteiger partial charge in [0.25, 0.3) is 0 Å². The Bertz CT molecular complexity index is 1110. The molecule has 0 heterocycles. The molecule has 0 aromatic heterocycles. The van der Waals surface area contributed by atoms with E-state index in [4.69, 9.17) is 20.6 Å². The first-order valence-electron chi connectivity index (χ1n) is 12.8. The summed E-state index contributed by atoms with van der Waals surface area (Å²) in [5, 5.41) is -1.44. The van der Waals surface area contributed by atoms with Crippen LogP contribution in [0.25, 0.3) is 0 Å². The zero-order valence-electron chi connectivity index (χ0n) is 24.5. The van der Waals surface area contributed by atoms with Crippen molar-refractivity contribution in [3.8, 4) is 0 Å². The summed E-state index contributed by atoms with van der Waals surface area (Å²) in [6, 6.07) is -11.3. The molecule has 3 aromatic rings. The van der Waals surface area contributed by atoms with Crippen LogP contribution in [0.15, 0.2) is 90.6 Å². The van der Waals surface area contributed by atoms with Gasteiger partial charge in [0, 0.05) is 0 Å². The summed E-state index contributed by atoms with van der Waals surface area (Å²) in [5.41, 5.74) is 0. The lowest BCUT2D eigenvalue weighted by Crippen LogP contribution is -2.51. The van der Waals surface area contributed by atoms with Crippen molar-refractivity contribution in [2.24, 2.45) is 0 Å². The predicted octanol–water partition coefficient (Wildman–Crippen LogP) is 2.20. The normalized spacial score (nSPS) is 21.6. The fourth-order valence-electron chi connectivity index (χ4n) is 1.50. The van der Waals surface area contributed by atoms with Crippen LogP contribution in [0, 0.1) is 0 Å². The summed E-state index contributed by atoms with van der Waals surface area (Å²) in [6.45, 7) is 0. The van der Waals surface area contributed by atoms with Gasteiger partial charge >= 0.3 is 0 Å². The molecule has 1 radical (unpaired) electrons. The third kappa shape index (κ3) is 2.66. The Hall–Kier alpha value is -2.12. The van der Waals surface area contributed by atoms with E-state index >= 15 is 0 Å². The molecule has 91 valence electrons. The van der Waals surface area contributed by atoms with E-state index < -0.39 is 115 Å². The molecule has 0 unspecified atom stereocenters. The van der Waals surface area contributed by atoms with Crippen molar-refractivity contribution < 1.29 is 20.6 Å². The molecule has 0 saturated heterocycles. The fourth-order valence-corrected chi connectivity index (χ4v) is 3.38. The second-order valence-corrected chi connectivity index (χ2v) is 5.62. The monoisotopic (exact) mass is 274 g/mol. The molecule has 3 aromatic carbocycles. The number of hydrogen-bond donors (Lipinski definition) is 0. The van der Waals surface area contributed by atoms with Crippen LogP contribution in [-0.4, -0.2) is 8.80 Å². The van der Waals surface area contributed by atoms with Crippen LogP contribution >= 0.6 is 0 Å². The molecule has 0 bridgehead atoms. The lowest BCUT2D eigenvalue weighted by Gasteiger charge is -2.16. The molecule has 0 amide bonds. The summed E-state index contributed by atoms with van der Waals surface area (Å²) >= 11 is 0. The minimum absolute atomic E-state index is 0.479. The number of hydrogen-bond acceptors (Lipinski definition) is 0. The Balaban J connectivity index is 2.68. The third-order valence-corrected chi connectivity index (χ3v) is 4.50. The Labute approximate surface area is 137 Å². The molecule has 0 aliphatic rings. The zero-order chi connectivity index (χ0) is 26.0. The molecule has 0 fully saturated rings. The van der Waals surface area contributed by atoms with Gasteiger partial charge < -0.3 is 0 Å². The van der Waals surface area contributed by atoms with Gasteiger partial charge in [-0.25, -0.2) is 0 Å². The van der Waals surface area contributed by atoms with Gasteiger partial charge in [-0.2, -0.15) is 0 Å². The van der Waals surface area contributed by atoms with E-state index in [1.807, 2.05) is 0 Å². The van der Waals surface area contributed by atoms with Crippen LogP contribution < -0.4 is 15.6 Å². The minimum atomic E-state index is -3.34. The highest BCUT2D eigenvalue weighted by Gasteiger charge is 2.18. The average Bonchev–Trinajstić information content (AvgIpc) is 2.81. The van der Waals surface area contributed by atoms with Gasteiger partial charge in [0.2, 0.25) is 0 Å². The maximum absolute atomic E-state index is 8.39. The van der Waals surface area contributed by atoms with Crippen molar-refractivity contribution in [1.82, 2.24) is 0 Å². The molecule has 0 saturated carbocycles. The molecule has 19 heavy (non-hydrogen) atoms. The molecular formula is C18H15Si. The van der Waals surface area contributed by atoms with E-state index in [1.54, 1.807) is 0 Å². The summed E-state index contributed by atoms with van der Waals surface area (Å²) in [5.74, 6) is 0. The Kier molecular flexibility index (Phi) is 1.11. The van der Waals surface area contributed by atoms with Crippen LogP contribution in [0.1, 0.15) is 20.6 Å². The van der Waals surface area contributed by atoms with Gasteiger partial charge in [0.15, 0.2) is 8.80 Å². The maximum Gasteiger partial charge on any atom is 0.154 e. The van der Waals surface area contributed by atoms with Crippen molar-refractivity contribution in [3.63, 3.8) is 0 Å². The predicted molar refractivity (Wildman–Crippen MR) is 84.0 cm³/mol. The average molecular weight is 274 g/mol. The second-order valence-electron chi connectivity index (χ2n) is 3.38. The first-order valence-corrected chi connectivity index (χ1v) is 6.75. The van der Waals surface area contributed by atoms with Crippen LogP contribution in [0.3, 0.4) is 0 Å². The molecule has 0 nitrogen and oxygen atoms in total. The van der Waals surface area contributed by atoms with Gasteiger partial charge in [-0.1, -0.05) is 106 Å². The Morgan fingerprint density at radius 2 is 0.737 bits per heavy atom. The standard InChI is InChI=1S/C18H15Si/c1-4-10-16(11-5-1)19(17-12-6-2-7-13-17)18-14-8-3-9-15-18/h1-15H/i1D,2D,3D,4D,5D,6D,7D,8D,9D,10D,11D,12D,13D,14D,15D. The Morgan fingerprint density at radius 1 is 0.474 bits per heavy atom. The van der Waals surface area contributed by atoms with E-state index in [1.165, 1.54) is 0 Å². The van der Waals surface area contributed by atoms with Crippen molar-refractivity contribution >= 4 is 24.4 Å². The number of benzene rings is 3. The smallest absolute Gasteiger partial charge is 0.0624 e. The van der Waals surface area contributed by atoms with Crippen LogP contribution in [0.2, 0.25) is 0 Å². The quantitative estimate of drug-likeness (QED) is 0.507. The molecular weight excluding hydrogens is 244 g/mol. The summed E-state index contributed by atoms with van der Waals surface area (Å²) < 4.78 is 122. The molecule has 3 rings (SSSR count). The lowest BCUT2D eigenvalue weighted by molar-refractivity contribution is 1.71. The second kappa shape index (κ2) is 5.68. The fraction of sp³-hybridized carbons (Fsp3) is 0. The van der Waals surface area contributed by atoms with E-state index in [0.29, 0.717) is 0 Å².